The molecule has 136 valence electrons. The van der Waals surface area contributed by atoms with Crippen molar-refractivity contribution in [3.8, 4) is 0 Å². The lowest BCUT2D eigenvalue weighted by Crippen LogP contribution is -2.50. The van der Waals surface area contributed by atoms with Crippen LogP contribution in [0.4, 0.5) is 0 Å². The van der Waals surface area contributed by atoms with Gasteiger partial charge in [-0.25, -0.2) is 0 Å². The summed E-state index contributed by atoms with van der Waals surface area (Å²) < 4.78 is 10.5. The predicted octanol–water partition coefficient (Wildman–Crippen LogP) is 1.96. The molecule has 0 radical (unpaired) electrons. The second-order valence-corrected chi connectivity index (χ2v) is 6.06. The summed E-state index contributed by atoms with van der Waals surface area (Å²) in [6, 6.07) is 10.1. The van der Waals surface area contributed by atoms with Gasteiger partial charge in [-0.15, -0.1) is 12.4 Å². The van der Waals surface area contributed by atoms with Gasteiger partial charge in [0.1, 0.15) is 0 Å². The summed E-state index contributed by atoms with van der Waals surface area (Å²) >= 11 is 0. The van der Waals surface area contributed by atoms with Gasteiger partial charge < -0.3 is 19.7 Å². The highest BCUT2D eigenvalue weighted by atomic mass is 35.5. The van der Waals surface area contributed by atoms with Crippen molar-refractivity contribution in [3.05, 3.63) is 35.9 Å². The standard InChI is InChI=1S/C18H28N2O3.ClH/c1-15(17-12-19-13-17)18(21)20(8-9-23-11-10-22-2)14-16-6-4-3-5-7-16;/h3-7,15,17,19H,8-14H2,1-2H3;1H. The van der Waals surface area contributed by atoms with Crippen LogP contribution in [0.1, 0.15) is 12.5 Å². The highest BCUT2D eigenvalue weighted by Gasteiger charge is 2.31. The Morgan fingerprint density at radius 1 is 1.25 bits per heavy atom. The first-order valence-electron chi connectivity index (χ1n) is 8.32. The molecule has 1 atom stereocenters. The number of amides is 1. The zero-order chi connectivity index (χ0) is 16.5. The van der Waals surface area contributed by atoms with Crippen LogP contribution in [-0.4, -0.2) is 57.4 Å². The van der Waals surface area contributed by atoms with Crippen LogP contribution in [0.3, 0.4) is 0 Å². The van der Waals surface area contributed by atoms with Gasteiger partial charge in [-0.2, -0.15) is 0 Å². The summed E-state index contributed by atoms with van der Waals surface area (Å²) in [5, 5.41) is 3.24. The molecule has 1 aromatic rings. The highest BCUT2D eigenvalue weighted by molar-refractivity contribution is 5.85. The quantitative estimate of drug-likeness (QED) is 0.651. The first-order chi connectivity index (χ1) is 11.2. The van der Waals surface area contributed by atoms with Crippen molar-refractivity contribution in [3.63, 3.8) is 0 Å². The molecule has 1 aromatic carbocycles. The molecule has 1 saturated heterocycles. The number of nitrogens with one attached hydrogen (secondary N) is 1. The van der Waals surface area contributed by atoms with E-state index in [0.717, 1.165) is 18.7 Å². The molecule has 1 unspecified atom stereocenters. The van der Waals surface area contributed by atoms with Gasteiger partial charge in [0.2, 0.25) is 5.91 Å². The maximum absolute atomic E-state index is 12.8. The van der Waals surface area contributed by atoms with E-state index in [2.05, 4.69) is 17.4 Å². The molecular weight excluding hydrogens is 328 g/mol. The molecule has 1 aliphatic rings. The van der Waals surface area contributed by atoms with Crippen molar-refractivity contribution in [2.45, 2.75) is 13.5 Å². The Bertz CT molecular complexity index is 469. The number of halogens is 1. The number of methoxy groups -OCH3 is 1. The second kappa shape index (κ2) is 11.4. The van der Waals surface area contributed by atoms with Crippen molar-refractivity contribution in [2.75, 3.05) is 46.6 Å². The first kappa shape index (κ1) is 20.9. The fourth-order valence-electron chi connectivity index (χ4n) is 2.64. The molecule has 5 nitrogen and oxygen atoms in total. The number of ether oxygens (including phenoxy) is 2. The number of nitrogens with zero attached hydrogens (tertiary/aromatic N) is 1. The molecule has 1 amide bonds. The molecule has 0 bridgehead atoms. The van der Waals surface area contributed by atoms with Crippen LogP contribution in [0.15, 0.2) is 30.3 Å². The fraction of sp³-hybridized carbons (Fsp3) is 0.611. The third-order valence-corrected chi connectivity index (χ3v) is 4.37. The average Bonchev–Trinajstić information content (AvgIpc) is 2.52. The van der Waals surface area contributed by atoms with E-state index >= 15 is 0 Å². The van der Waals surface area contributed by atoms with Gasteiger partial charge in [0.15, 0.2) is 0 Å². The van der Waals surface area contributed by atoms with Crippen LogP contribution >= 0.6 is 12.4 Å². The topological polar surface area (TPSA) is 50.8 Å². The summed E-state index contributed by atoms with van der Waals surface area (Å²) in [5.74, 6) is 0.727. The van der Waals surface area contributed by atoms with Crippen LogP contribution in [0.2, 0.25) is 0 Å². The molecule has 24 heavy (non-hydrogen) atoms. The molecule has 1 fully saturated rings. The molecule has 6 heteroatoms. The molecule has 0 spiro atoms. The SMILES string of the molecule is COCCOCCN(Cc1ccccc1)C(=O)C(C)C1CNC1.Cl. The number of carbonyl (C=O) groups is 1. The van der Waals surface area contributed by atoms with Crippen LogP contribution in [0.25, 0.3) is 0 Å². The molecule has 1 aliphatic heterocycles. The largest absolute Gasteiger partial charge is 0.382 e. The van der Waals surface area contributed by atoms with E-state index in [9.17, 15) is 4.79 Å². The van der Waals surface area contributed by atoms with Gasteiger partial charge in [0.25, 0.3) is 0 Å². The summed E-state index contributed by atoms with van der Waals surface area (Å²) in [6.07, 6.45) is 0. The monoisotopic (exact) mass is 356 g/mol. The summed E-state index contributed by atoms with van der Waals surface area (Å²) in [4.78, 5) is 14.7. The van der Waals surface area contributed by atoms with Gasteiger partial charge in [-0.1, -0.05) is 37.3 Å². The average molecular weight is 357 g/mol. The Morgan fingerprint density at radius 2 is 1.96 bits per heavy atom. The van der Waals surface area contributed by atoms with E-state index in [-0.39, 0.29) is 24.2 Å². The second-order valence-electron chi connectivity index (χ2n) is 6.06. The zero-order valence-corrected chi connectivity index (χ0v) is 15.4. The Kier molecular flexibility index (Phi) is 9.95. The minimum atomic E-state index is 0. The molecule has 1 heterocycles. The van der Waals surface area contributed by atoms with Crippen molar-refractivity contribution < 1.29 is 14.3 Å². The van der Waals surface area contributed by atoms with Crippen molar-refractivity contribution in [2.24, 2.45) is 11.8 Å². The lowest BCUT2D eigenvalue weighted by Gasteiger charge is -2.35. The fourth-order valence-corrected chi connectivity index (χ4v) is 2.64. The third kappa shape index (κ3) is 6.40. The van der Waals surface area contributed by atoms with E-state index in [4.69, 9.17) is 9.47 Å². The third-order valence-electron chi connectivity index (χ3n) is 4.37. The van der Waals surface area contributed by atoms with Crippen LogP contribution in [-0.2, 0) is 20.8 Å². The minimum Gasteiger partial charge on any atom is -0.382 e. The summed E-state index contributed by atoms with van der Waals surface area (Å²) in [5.41, 5.74) is 1.15. The zero-order valence-electron chi connectivity index (χ0n) is 14.6. The Balaban J connectivity index is 0.00000288. The Hall–Kier alpha value is -1.14. The Labute approximate surface area is 151 Å². The van der Waals surface area contributed by atoms with Crippen molar-refractivity contribution in [1.82, 2.24) is 10.2 Å². The smallest absolute Gasteiger partial charge is 0.226 e. The van der Waals surface area contributed by atoms with E-state index in [1.54, 1.807) is 7.11 Å². The summed E-state index contributed by atoms with van der Waals surface area (Å²) in [6.45, 7) is 6.85. The number of rotatable bonds is 10. The molecular formula is C18H29ClN2O3. The Morgan fingerprint density at radius 3 is 2.54 bits per heavy atom. The molecule has 0 saturated carbocycles. The number of benzene rings is 1. The van der Waals surface area contributed by atoms with E-state index in [1.807, 2.05) is 30.0 Å². The van der Waals surface area contributed by atoms with Gasteiger partial charge in [-0.05, 0) is 24.6 Å². The number of carbonyl (C=O) groups excluding carboxylic acids is 1. The van der Waals surface area contributed by atoms with E-state index in [0.29, 0.717) is 38.8 Å². The molecule has 1 N–H and O–H groups in total. The van der Waals surface area contributed by atoms with Gasteiger partial charge >= 0.3 is 0 Å². The minimum absolute atomic E-state index is 0. The number of hydrogen-bond donors (Lipinski definition) is 1. The van der Waals surface area contributed by atoms with Crippen molar-refractivity contribution in [1.29, 1.82) is 0 Å². The highest BCUT2D eigenvalue weighted by Crippen LogP contribution is 2.19. The van der Waals surface area contributed by atoms with Crippen LogP contribution in [0.5, 0.6) is 0 Å². The molecule has 0 aliphatic carbocycles. The van der Waals surface area contributed by atoms with Crippen LogP contribution < -0.4 is 5.32 Å². The normalized spacial score (nSPS) is 15.2. The van der Waals surface area contributed by atoms with E-state index in [1.165, 1.54) is 0 Å². The lowest BCUT2D eigenvalue weighted by molar-refractivity contribution is -0.139. The van der Waals surface area contributed by atoms with Gasteiger partial charge in [0.05, 0.1) is 19.8 Å². The van der Waals surface area contributed by atoms with Crippen LogP contribution in [0, 0.1) is 11.8 Å². The summed E-state index contributed by atoms with van der Waals surface area (Å²) in [7, 11) is 1.66. The molecule has 0 aromatic heterocycles. The predicted molar refractivity (Wildman–Crippen MR) is 97.3 cm³/mol. The number of hydrogen-bond acceptors (Lipinski definition) is 4. The maximum atomic E-state index is 12.8. The molecule has 2 rings (SSSR count). The van der Waals surface area contributed by atoms with E-state index < -0.39 is 0 Å². The first-order valence-corrected chi connectivity index (χ1v) is 8.32. The van der Waals surface area contributed by atoms with Gasteiger partial charge in [0, 0.05) is 26.1 Å². The van der Waals surface area contributed by atoms with Gasteiger partial charge in [-0.3, -0.25) is 4.79 Å². The van der Waals surface area contributed by atoms with Crippen molar-refractivity contribution >= 4 is 18.3 Å². The lowest BCUT2D eigenvalue weighted by atomic mass is 9.88. The maximum Gasteiger partial charge on any atom is 0.226 e.